The zero-order valence-electron chi connectivity index (χ0n) is 14.9. The van der Waals surface area contributed by atoms with Gasteiger partial charge in [-0.3, -0.25) is 9.55 Å². The maximum absolute atomic E-state index is 13.5. The summed E-state index contributed by atoms with van der Waals surface area (Å²) in [6.45, 7) is -2.94. The van der Waals surface area contributed by atoms with Gasteiger partial charge < -0.3 is 0 Å². The Bertz CT molecular complexity index is 1320. The summed E-state index contributed by atoms with van der Waals surface area (Å²) < 4.78 is 68.7. The lowest BCUT2D eigenvalue weighted by Gasteiger charge is -2.13. The van der Waals surface area contributed by atoms with Crippen molar-refractivity contribution in [3.8, 4) is 16.8 Å². The van der Waals surface area contributed by atoms with Crippen LogP contribution >= 0.6 is 11.6 Å². The monoisotopic (exact) mass is 444 g/mol. The van der Waals surface area contributed by atoms with Gasteiger partial charge >= 0.3 is 18.4 Å². The van der Waals surface area contributed by atoms with Crippen LogP contribution in [0.5, 0.6) is 0 Å². The van der Waals surface area contributed by atoms with Gasteiger partial charge in [0.25, 0.3) is 0 Å². The number of halogens is 6. The summed E-state index contributed by atoms with van der Waals surface area (Å²) in [4.78, 5) is 20.6. The predicted molar refractivity (Wildman–Crippen MR) is 96.6 cm³/mol. The molecule has 0 aliphatic heterocycles. The van der Waals surface area contributed by atoms with Crippen molar-refractivity contribution >= 4 is 22.8 Å². The number of pyridine rings is 2. The molecule has 13 heteroatoms. The molecule has 4 heterocycles. The minimum atomic E-state index is -4.69. The highest BCUT2D eigenvalue weighted by Gasteiger charge is 2.35. The van der Waals surface area contributed by atoms with E-state index in [4.69, 9.17) is 11.6 Å². The van der Waals surface area contributed by atoms with Gasteiger partial charge in [-0.1, -0.05) is 11.6 Å². The average molecular weight is 445 g/mol. The molecule has 0 saturated carbocycles. The Hall–Kier alpha value is -3.28. The van der Waals surface area contributed by atoms with E-state index in [0.29, 0.717) is 4.68 Å². The number of nitrogens with zero attached hydrogens (tertiary/aromatic N) is 6. The predicted octanol–water partition coefficient (Wildman–Crippen LogP) is 4.05. The lowest BCUT2D eigenvalue weighted by Crippen LogP contribution is -2.20. The maximum atomic E-state index is 13.5. The van der Waals surface area contributed by atoms with Crippen LogP contribution in [0, 0.1) is 0 Å². The normalized spacial score (nSPS) is 12.3. The first-order valence-electron chi connectivity index (χ1n) is 8.22. The van der Waals surface area contributed by atoms with E-state index in [0.717, 1.165) is 40.0 Å². The van der Waals surface area contributed by atoms with Crippen molar-refractivity contribution in [2.75, 3.05) is 0 Å². The van der Waals surface area contributed by atoms with E-state index < -0.39 is 24.0 Å². The first-order valence-corrected chi connectivity index (χ1v) is 8.59. The summed E-state index contributed by atoms with van der Waals surface area (Å²) in [6.07, 6.45) is -0.764. The molecule has 4 rings (SSSR count). The molecular weight excluding hydrogens is 435 g/mol. The summed E-state index contributed by atoms with van der Waals surface area (Å²) in [5.74, 6) is 0. The molecule has 0 spiro atoms. The third kappa shape index (κ3) is 3.12. The minimum absolute atomic E-state index is 0.0210. The van der Waals surface area contributed by atoms with Crippen molar-refractivity contribution in [1.82, 2.24) is 28.9 Å². The Balaban J connectivity index is 2.08. The van der Waals surface area contributed by atoms with Gasteiger partial charge in [0.05, 0.1) is 29.2 Å². The largest absolute Gasteiger partial charge is 0.417 e. The van der Waals surface area contributed by atoms with Crippen molar-refractivity contribution in [2.24, 2.45) is 7.05 Å². The van der Waals surface area contributed by atoms with Gasteiger partial charge in [-0.05, 0) is 12.1 Å². The Morgan fingerprint density at radius 2 is 1.90 bits per heavy atom. The number of hydrogen-bond donors (Lipinski definition) is 0. The fourth-order valence-electron chi connectivity index (χ4n) is 3.16. The quantitative estimate of drug-likeness (QED) is 0.353. The molecule has 0 amide bonds. The van der Waals surface area contributed by atoms with Gasteiger partial charge in [0.1, 0.15) is 5.15 Å². The van der Waals surface area contributed by atoms with Crippen LogP contribution in [0.2, 0.25) is 5.15 Å². The minimum Gasteiger partial charge on any atom is -0.293 e. The Kier molecular flexibility index (Phi) is 4.60. The first-order chi connectivity index (χ1) is 14.1. The van der Waals surface area contributed by atoms with E-state index in [1.54, 1.807) is 0 Å². The number of hydrogen-bond acceptors (Lipinski definition) is 4. The van der Waals surface area contributed by atoms with Crippen LogP contribution < -0.4 is 5.69 Å². The van der Waals surface area contributed by atoms with Gasteiger partial charge in [-0.15, -0.1) is 0 Å². The van der Waals surface area contributed by atoms with E-state index in [9.17, 15) is 26.7 Å². The average Bonchev–Trinajstić information content (AvgIpc) is 3.24. The van der Waals surface area contributed by atoms with Crippen molar-refractivity contribution in [3.63, 3.8) is 0 Å². The summed E-state index contributed by atoms with van der Waals surface area (Å²) in [6, 6.07) is 1.99. The molecule has 0 aliphatic carbocycles. The molecule has 0 unspecified atom stereocenters. The second kappa shape index (κ2) is 6.90. The molecule has 0 atom stereocenters. The van der Waals surface area contributed by atoms with Crippen molar-refractivity contribution in [3.05, 3.63) is 58.1 Å². The first kappa shape index (κ1) is 20.0. The van der Waals surface area contributed by atoms with E-state index in [1.165, 1.54) is 13.1 Å². The lowest BCUT2D eigenvalue weighted by atomic mass is 10.0. The SMILES string of the molecule is Cn1c(=O)n(-c2cnn(C(F)F)c2)c2nc(Cl)cc(-c3cnccc3C(F)(F)F)c21. The van der Waals surface area contributed by atoms with Gasteiger partial charge in [-0.2, -0.15) is 27.1 Å². The van der Waals surface area contributed by atoms with Crippen molar-refractivity contribution < 1.29 is 22.0 Å². The second-order valence-corrected chi connectivity index (χ2v) is 6.60. The summed E-state index contributed by atoms with van der Waals surface area (Å²) >= 11 is 6.04. The van der Waals surface area contributed by atoms with Crippen LogP contribution in [0.4, 0.5) is 22.0 Å². The number of rotatable bonds is 3. The highest BCUT2D eigenvalue weighted by molar-refractivity contribution is 6.30. The molecule has 0 saturated heterocycles. The van der Waals surface area contributed by atoms with Crippen LogP contribution in [0.3, 0.4) is 0 Å². The van der Waals surface area contributed by atoms with Crippen LogP contribution in [-0.4, -0.2) is 28.9 Å². The Morgan fingerprint density at radius 1 is 1.17 bits per heavy atom. The standard InChI is InChI=1S/C17H10ClF5N6O/c1-27-13-9(10-6-24-3-2-11(10)17(21,22)23)4-12(18)26-14(13)29(16(27)30)8-5-25-28(7-8)15(19)20/h2-7,15H,1H3. The lowest BCUT2D eigenvalue weighted by molar-refractivity contribution is -0.137. The second-order valence-electron chi connectivity index (χ2n) is 6.22. The molecule has 156 valence electrons. The van der Waals surface area contributed by atoms with Crippen LogP contribution in [0.15, 0.2) is 41.7 Å². The summed E-state index contributed by atoms with van der Waals surface area (Å²) in [5, 5.41) is 3.28. The Labute approximate surface area is 169 Å². The van der Waals surface area contributed by atoms with Crippen molar-refractivity contribution in [2.45, 2.75) is 12.7 Å². The number of imidazole rings is 1. The molecule has 0 fully saturated rings. The van der Waals surface area contributed by atoms with Crippen LogP contribution in [0.25, 0.3) is 28.0 Å². The summed E-state index contributed by atoms with van der Waals surface area (Å²) in [7, 11) is 1.32. The highest BCUT2D eigenvalue weighted by Crippen LogP contribution is 2.39. The number of aryl methyl sites for hydroxylation is 1. The Morgan fingerprint density at radius 3 is 2.53 bits per heavy atom. The number of aromatic nitrogens is 6. The molecule has 0 aromatic carbocycles. The molecular formula is C17H10ClF5N6O. The van der Waals surface area contributed by atoms with Crippen LogP contribution in [0.1, 0.15) is 12.1 Å². The number of fused-ring (bicyclic) bond motifs is 1. The molecule has 7 nitrogen and oxygen atoms in total. The molecule has 0 aliphatic rings. The topological polar surface area (TPSA) is 70.5 Å². The zero-order chi connectivity index (χ0) is 21.8. The fraction of sp³-hybridized carbons (Fsp3) is 0.176. The fourth-order valence-corrected chi connectivity index (χ4v) is 3.35. The van der Waals surface area contributed by atoms with E-state index in [2.05, 4.69) is 15.1 Å². The van der Waals surface area contributed by atoms with E-state index in [-0.39, 0.29) is 33.1 Å². The van der Waals surface area contributed by atoms with Crippen LogP contribution in [-0.2, 0) is 13.2 Å². The highest BCUT2D eigenvalue weighted by atomic mass is 35.5. The van der Waals surface area contributed by atoms with Gasteiger partial charge in [0.2, 0.25) is 0 Å². The molecule has 4 aromatic rings. The van der Waals surface area contributed by atoms with Crippen molar-refractivity contribution in [1.29, 1.82) is 0 Å². The number of alkyl halides is 5. The molecule has 0 bridgehead atoms. The van der Waals surface area contributed by atoms with Gasteiger partial charge in [0, 0.05) is 30.6 Å². The van der Waals surface area contributed by atoms with E-state index >= 15 is 0 Å². The van der Waals surface area contributed by atoms with E-state index in [1.807, 2.05) is 0 Å². The molecule has 30 heavy (non-hydrogen) atoms. The third-order valence-electron chi connectivity index (χ3n) is 4.43. The van der Waals surface area contributed by atoms with Gasteiger partial charge in [0.15, 0.2) is 5.65 Å². The zero-order valence-corrected chi connectivity index (χ0v) is 15.7. The molecule has 0 radical (unpaired) electrons. The third-order valence-corrected chi connectivity index (χ3v) is 4.62. The molecule has 4 aromatic heterocycles. The van der Waals surface area contributed by atoms with Gasteiger partial charge in [-0.25, -0.2) is 19.0 Å². The molecule has 0 N–H and O–H groups in total. The smallest absolute Gasteiger partial charge is 0.293 e. The summed E-state index contributed by atoms with van der Waals surface area (Å²) in [5.41, 5.74) is -2.20. The maximum Gasteiger partial charge on any atom is 0.417 e.